The monoisotopic (exact) mass is 391 g/mol. The molecule has 0 saturated carbocycles. The smallest absolute Gasteiger partial charge is 0.303 e. The van der Waals surface area contributed by atoms with Crippen molar-refractivity contribution in [3.05, 3.63) is 29.3 Å². The average Bonchev–Trinajstić information content (AvgIpc) is 2.60. The van der Waals surface area contributed by atoms with Gasteiger partial charge in [-0.2, -0.15) is 5.26 Å². The van der Waals surface area contributed by atoms with Gasteiger partial charge in [0.25, 0.3) is 0 Å². The molecule has 9 nitrogen and oxygen atoms in total. The van der Waals surface area contributed by atoms with Crippen molar-refractivity contribution >= 4 is 17.9 Å². The number of nitriles is 1. The summed E-state index contributed by atoms with van der Waals surface area (Å²) in [6.45, 7) is 5.20. The molecule has 9 heteroatoms. The summed E-state index contributed by atoms with van der Waals surface area (Å²) in [6, 6.07) is 6.97. The van der Waals surface area contributed by atoms with Crippen LogP contribution >= 0.6 is 0 Å². The summed E-state index contributed by atoms with van der Waals surface area (Å²) < 4.78 is 27.0. The third-order valence-electron chi connectivity index (χ3n) is 3.80. The van der Waals surface area contributed by atoms with Crippen LogP contribution in [0.3, 0.4) is 0 Å². The van der Waals surface area contributed by atoms with Gasteiger partial charge in [0.2, 0.25) is 12.4 Å². The van der Waals surface area contributed by atoms with Gasteiger partial charge in [0.05, 0.1) is 12.2 Å². The maximum atomic E-state index is 11.6. The van der Waals surface area contributed by atoms with Crippen molar-refractivity contribution < 1.29 is 38.1 Å². The lowest BCUT2D eigenvalue weighted by atomic mass is 10.0. The Kier molecular flexibility index (Phi) is 6.95. The van der Waals surface area contributed by atoms with Gasteiger partial charge in [0.15, 0.2) is 12.2 Å². The zero-order valence-corrected chi connectivity index (χ0v) is 16.0. The molecule has 0 bridgehead atoms. The number of rotatable bonds is 5. The van der Waals surface area contributed by atoms with Crippen molar-refractivity contribution in [3.8, 4) is 11.8 Å². The van der Waals surface area contributed by atoms with Gasteiger partial charge < -0.3 is 23.7 Å². The predicted octanol–water partition coefficient (Wildman–Crippen LogP) is 1.40. The number of esters is 3. The molecule has 2 rings (SSSR count). The molecule has 0 aliphatic carbocycles. The molecule has 150 valence electrons. The van der Waals surface area contributed by atoms with E-state index in [0.717, 1.165) is 5.56 Å². The zero-order valence-electron chi connectivity index (χ0n) is 16.0. The second-order valence-corrected chi connectivity index (χ2v) is 6.23. The van der Waals surface area contributed by atoms with Crippen LogP contribution in [0.1, 0.15) is 31.9 Å². The molecule has 0 radical (unpaired) electrons. The maximum absolute atomic E-state index is 11.6. The van der Waals surface area contributed by atoms with Crippen molar-refractivity contribution in [2.45, 2.75) is 52.3 Å². The van der Waals surface area contributed by atoms with E-state index in [1.807, 2.05) is 13.0 Å². The normalized spacial score (nSPS) is 23.8. The number of aryl methyl sites for hydroxylation is 1. The summed E-state index contributed by atoms with van der Waals surface area (Å²) in [5.74, 6) is -1.74. The van der Waals surface area contributed by atoms with Gasteiger partial charge in [-0.3, -0.25) is 14.4 Å². The lowest BCUT2D eigenvalue weighted by Crippen LogP contribution is -2.59. The predicted molar refractivity (Wildman–Crippen MR) is 92.9 cm³/mol. The average molecular weight is 391 g/mol. The molecule has 1 saturated heterocycles. The molecular formula is C19H21NO8. The molecule has 1 aromatic carbocycles. The summed E-state index contributed by atoms with van der Waals surface area (Å²) in [5.41, 5.74) is 1.12. The minimum absolute atomic E-state index is 0.159. The lowest BCUT2D eigenvalue weighted by Gasteiger charge is -2.40. The SMILES string of the molecule is CC(=O)O[C@H]1[C@H](OC(C)=O)C(Oc2ccc(C)cc2C#N)OC[C@H]1OC(C)=O. The lowest BCUT2D eigenvalue weighted by molar-refractivity contribution is -0.259. The number of hydrogen-bond donors (Lipinski definition) is 0. The topological polar surface area (TPSA) is 121 Å². The molecule has 0 N–H and O–H groups in total. The van der Waals surface area contributed by atoms with E-state index >= 15 is 0 Å². The summed E-state index contributed by atoms with van der Waals surface area (Å²) >= 11 is 0. The molecule has 1 fully saturated rings. The highest BCUT2D eigenvalue weighted by molar-refractivity contribution is 5.68. The number of nitrogens with zero attached hydrogens (tertiary/aromatic N) is 1. The molecule has 0 spiro atoms. The fraction of sp³-hybridized carbons (Fsp3) is 0.474. The van der Waals surface area contributed by atoms with Gasteiger partial charge >= 0.3 is 17.9 Å². The largest absolute Gasteiger partial charge is 0.459 e. The Morgan fingerprint density at radius 2 is 1.64 bits per heavy atom. The van der Waals surface area contributed by atoms with Crippen LogP contribution in [-0.4, -0.2) is 49.1 Å². The van der Waals surface area contributed by atoms with Gasteiger partial charge in [0.1, 0.15) is 11.8 Å². The van der Waals surface area contributed by atoms with E-state index in [1.54, 1.807) is 18.2 Å². The number of carbonyl (C=O) groups is 3. The highest BCUT2D eigenvalue weighted by atomic mass is 16.7. The van der Waals surface area contributed by atoms with Gasteiger partial charge in [0, 0.05) is 20.8 Å². The fourth-order valence-electron chi connectivity index (χ4n) is 2.77. The molecule has 0 amide bonds. The third kappa shape index (κ3) is 5.44. The molecular weight excluding hydrogens is 370 g/mol. The number of hydrogen-bond acceptors (Lipinski definition) is 9. The summed E-state index contributed by atoms with van der Waals surface area (Å²) in [6.07, 6.45) is -4.53. The highest BCUT2D eigenvalue weighted by Gasteiger charge is 2.48. The minimum atomic E-state index is -1.22. The molecule has 1 heterocycles. The molecule has 1 aromatic rings. The van der Waals surface area contributed by atoms with Crippen molar-refractivity contribution in [2.24, 2.45) is 0 Å². The van der Waals surface area contributed by atoms with E-state index in [2.05, 4.69) is 0 Å². The van der Waals surface area contributed by atoms with Crippen LogP contribution in [-0.2, 0) is 33.3 Å². The van der Waals surface area contributed by atoms with Crippen LogP contribution in [0.15, 0.2) is 18.2 Å². The van der Waals surface area contributed by atoms with E-state index in [9.17, 15) is 19.6 Å². The van der Waals surface area contributed by atoms with E-state index in [-0.39, 0.29) is 17.9 Å². The first-order valence-electron chi connectivity index (χ1n) is 8.52. The van der Waals surface area contributed by atoms with E-state index in [0.29, 0.717) is 0 Å². The van der Waals surface area contributed by atoms with Crippen LogP contribution in [0, 0.1) is 18.3 Å². The third-order valence-corrected chi connectivity index (χ3v) is 3.80. The van der Waals surface area contributed by atoms with Gasteiger partial charge in [-0.25, -0.2) is 0 Å². The van der Waals surface area contributed by atoms with Gasteiger partial charge in [-0.15, -0.1) is 0 Å². The number of benzene rings is 1. The van der Waals surface area contributed by atoms with E-state index in [4.69, 9.17) is 23.7 Å². The number of carbonyl (C=O) groups excluding carboxylic acids is 3. The Hall–Kier alpha value is -3.12. The van der Waals surface area contributed by atoms with Crippen LogP contribution in [0.2, 0.25) is 0 Å². The Bertz CT molecular complexity index is 800. The van der Waals surface area contributed by atoms with Crippen molar-refractivity contribution in [1.82, 2.24) is 0 Å². The van der Waals surface area contributed by atoms with E-state index < -0.39 is 42.5 Å². The summed E-state index contributed by atoms with van der Waals surface area (Å²) in [5, 5.41) is 9.31. The Balaban J connectivity index is 2.34. The Morgan fingerprint density at radius 3 is 2.21 bits per heavy atom. The fourth-order valence-corrected chi connectivity index (χ4v) is 2.77. The summed E-state index contributed by atoms with van der Waals surface area (Å²) in [4.78, 5) is 34.5. The first-order valence-corrected chi connectivity index (χ1v) is 8.52. The molecule has 4 atom stereocenters. The molecule has 0 aromatic heterocycles. The van der Waals surface area contributed by atoms with Crippen molar-refractivity contribution in [3.63, 3.8) is 0 Å². The van der Waals surface area contributed by atoms with Crippen LogP contribution in [0.5, 0.6) is 5.75 Å². The standard InChI is InChI=1S/C19H21NO8/c1-10-5-6-15(14(7-10)8-20)28-19-18(27-13(4)23)17(26-12(3)22)16(9-24-19)25-11(2)21/h5-7,16-19H,9H2,1-4H3/t16-,17-,18+,19?/m1/s1. The first kappa shape index (κ1) is 21.2. The minimum Gasteiger partial charge on any atom is -0.459 e. The second kappa shape index (κ2) is 9.19. The van der Waals surface area contributed by atoms with Crippen LogP contribution in [0.25, 0.3) is 0 Å². The Labute approximate surface area is 162 Å². The maximum Gasteiger partial charge on any atom is 0.303 e. The van der Waals surface area contributed by atoms with Gasteiger partial charge in [-0.1, -0.05) is 6.07 Å². The van der Waals surface area contributed by atoms with E-state index in [1.165, 1.54) is 20.8 Å². The first-order chi connectivity index (χ1) is 13.2. The number of ether oxygens (including phenoxy) is 5. The molecule has 1 aliphatic heterocycles. The zero-order chi connectivity index (χ0) is 20.8. The van der Waals surface area contributed by atoms with Crippen molar-refractivity contribution in [1.29, 1.82) is 5.26 Å². The molecule has 1 aliphatic rings. The quantitative estimate of drug-likeness (QED) is 0.541. The van der Waals surface area contributed by atoms with Crippen molar-refractivity contribution in [2.75, 3.05) is 6.61 Å². The second-order valence-electron chi connectivity index (χ2n) is 6.23. The van der Waals surface area contributed by atoms with Gasteiger partial charge in [-0.05, 0) is 24.6 Å². The molecule has 1 unspecified atom stereocenters. The Morgan fingerprint density at radius 1 is 1.04 bits per heavy atom. The molecule has 28 heavy (non-hydrogen) atoms. The van der Waals surface area contributed by atoms with Crippen LogP contribution < -0.4 is 4.74 Å². The summed E-state index contributed by atoms with van der Waals surface area (Å²) in [7, 11) is 0. The van der Waals surface area contributed by atoms with Crippen LogP contribution in [0.4, 0.5) is 0 Å². The highest BCUT2D eigenvalue weighted by Crippen LogP contribution is 2.28.